The Balaban J connectivity index is 1.45. The summed E-state index contributed by atoms with van der Waals surface area (Å²) in [5, 5.41) is 35.5. The molecule has 1 aromatic rings. The molecule has 0 bridgehead atoms. The molecule has 1 unspecified atom stereocenters. The molecule has 4 saturated carbocycles. The maximum absolute atomic E-state index is 12.1. The van der Waals surface area contributed by atoms with Gasteiger partial charge in [0.1, 0.15) is 10.6 Å². The van der Waals surface area contributed by atoms with Crippen LogP contribution in [-0.2, 0) is 15.1 Å². The predicted molar refractivity (Wildman–Crippen MR) is 124 cm³/mol. The lowest BCUT2D eigenvalue weighted by atomic mass is 9.42. The first kappa shape index (κ1) is 22.5. The molecule has 6 rings (SSSR count). The van der Waals surface area contributed by atoms with Gasteiger partial charge in [-0.25, -0.2) is 4.98 Å². The molecule has 3 N–H and O–H groups in total. The van der Waals surface area contributed by atoms with E-state index in [2.05, 4.69) is 18.8 Å². The number of nitrogens with zero attached hydrogens (tertiary/aromatic N) is 1. The van der Waals surface area contributed by atoms with Crippen molar-refractivity contribution in [3.8, 4) is 0 Å². The maximum Gasteiger partial charge on any atom is 0.163 e. The number of aliphatic hydroxyl groups is 3. The molecule has 1 aliphatic heterocycles. The van der Waals surface area contributed by atoms with E-state index in [1.165, 1.54) is 0 Å². The zero-order valence-corrected chi connectivity index (χ0v) is 20.8. The van der Waals surface area contributed by atoms with Crippen molar-refractivity contribution in [3.63, 3.8) is 0 Å². The van der Waals surface area contributed by atoms with E-state index in [-0.39, 0.29) is 34.9 Å². The number of hydrogen-bond acceptors (Lipinski definition) is 7. The number of thiazole rings is 1. The highest BCUT2D eigenvalue weighted by molar-refractivity contribution is 7.09. The van der Waals surface area contributed by atoms with E-state index < -0.39 is 17.5 Å². The normalized spacial score (nSPS) is 53.9. The van der Waals surface area contributed by atoms with Crippen molar-refractivity contribution in [1.29, 1.82) is 0 Å². The minimum Gasteiger partial charge on any atom is -0.516 e. The third-order valence-corrected chi connectivity index (χ3v) is 11.5. The molecule has 0 amide bonds. The Bertz CT molecular complexity index is 964. The monoisotopic (exact) mass is 475 g/mol. The third kappa shape index (κ3) is 2.83. The van der Waals surface area contributed by atoms with Gasteiger partial charge in [-0.3, -0.25) is 0 Å². The summed E-state index contributed by atoms with van der Waals surface area (Å²) in [6.45, 7) is 8.62. The van der Waals surface area contributed by atoms with Crippen LogP contribution >= 0.6 is 11.3 Å². The summed E-state index contributed by atoms with van der Waals surface area (Å²) in [4.78, 5) is 4.56. The fourth-order valence-electron chi connectivity index (χ4n) is 9.04. The van der Waals surface area contributed by atoms with Gasteiger partial charge in [0.25, 0.3) is 0 Å². The Morgan fingerprint density at radius 3 is 2.48 bits per heavy atom. The standard InChI is InChI=1S/C26H37NO5S/c1-23(2)31-20-17-11-18(29)14(13-28)12-24(17,3)15-5-7-25(4)16(19(15)21(20)32-23)6-8-26(25,30)22-27-9-10-33-22/h9-10,13,15-21,28-30H,5-8,11-12H2,1-4H3/b14-13+/t15-,16-,17+,18?,19+,20+,21+,24+,25-,26+/m0/s1. The fraction of sp³-hybridized carbons (Fsp3) is 0.808. The van der Waals surface area contributed by atoms with Crippen LogP contribution in [0.4, 0.5) is 0 Å². The highest BCUT2D eigenvalue weighted by Gasteiger charge is 2.71. The summed E-state index contributed by atoms with van der Waals surface area (Å²) in [5.74, 6) is 0.469. The summed E-state index contributed by atoms with van der Waals surface area (Å²) >= 11 is 1.56. The Labute approximate surface area is 200 Å². The molecular weight excluding hydrogens is 438 g/mol. The number of aliphatic hydroxyl groups excluding tert-OH is 2. The SMILES string of the molecule is CC1(C)O[C@H]2[C@H](O1)[C@H]1CC(O)/C(=C/O)C[C@]1(C)[C@H]1CC[C@@]3(C)[C@@H](CC[C@@]3(O)c3nccs3)[C@H]21. The molecule has 0 radical (unpaired) electrons. The van der Waals surface area contributed by atoms with Crippen LogP contribution < -0.4 is 0 Å². The van der Waals surface area contributed by atoms with Gasteiger partial charge in [-0.15, -0.1) is 11.3 Å². The van der Waals surface area contributed by atoms with Crippen LogP contribution in [0.25, 0.3) is 0 Å². The molecule has 5 aliphatic rings. The van der Waals surface area contributed by atoms with Gasteiger partial charge in [0.15, 0.2) is 5.79 Å². The zero-order valence-electron chi connectivity index (χ0n) is 20.0. The predicted octanol–water partition coefficient (Wildman–Crippen LogP) is 4.53. The van der Waals surface area contributed by atoms with Crippen LogP contribution in [0.15, 0.2) is 23.4 Å². The van der Waals surface area contributed by atoms with Gasteiger partial charge < -0.3 is 24.8 Å². The minimum absolute atomic E-state index is 0.0433. The number of aromatic nitrogens is 1. The lowest BCUT2D eigenvalue weighted by Crippen LogP contribution is -2.64. The van der Waals surface area contributed by atoms with E-state index >= 15 is 0 Å². The maximum atomic E-state index is 12.1. The van der Waals surface area contributed by atoms with Crippen LogP contribution in [0.2, 0.25) is 0 Å². The van der Waals surface area contributed by atoms with E-state index in [9.17, 15) is 15.3 Å². The van der Waals surface area contributed by atoms with Crippen molar-refractivity contribution in [2.75, 3.05) is 0 Å². The molecule has 10 atom stereocenters. The van der Waals surface area contributed by atoms with Gasteiger partial charge >= 0.3 is 0 Å². The van der Waals surface area contributed by atoms with Crippen molar-refractivity contribution in [2.45, 2.75) is 95.9 Å². The molecule has 1 saturated heterocycles. The lowest BCUT2D eigenvalue weighted by molar-refractivity contribution is -0.200. The molecule has 0 aromatic carbocycles. The fourth-order valence-corrected chi connectivity index (χ4v) is 9.94. The molecule has 1 aromatic heterocycles. The molecular formula is C26H37NO5S. The number of fused-ring (bicyclic) bond motifs is 8. The Kier molecular flexibility index (Phi) is 4.79. The van der Waals surface area contributed by atoms with Gasteiger partial charge in [-0.2, -0.15) is 0 Å². The Hall–Kier alpha value is -0.990. The minimum atomic E-state index is -0.905. The first-order chi connectivity index (χ1) is 15.5. The quantitative estimate of drug-likeness (QED) is 0.517. The highest BCUT2D eigenvalue weighted by Crippen LogP contribution is 2.71. The molecule has 5 fully saturated rings. The number of ether oxygens (including phenoxy) is 2. The topological polar surface area (TPSA) is 92.0 Å². The van der Waals surface area contributed by atoms with Gasteiger partial charge in [0, 0.05) is 17.0 Å². The van der Waals surface area contributed by atoms with Crippen molar-refractivity contribution in [3.05, 3.63) is 28.4 Å². The van der Waals surface area contributed by atoms with Gasteiger partial charge in [-0.05, 0) is 87.0 Å². The smallest absolute Gasteiger partial charge is 0.163 e. The van der Waals surface area contributed by atoms with E-state index in [0.29, 0.717) is 24.7 Å². The summed E-state index contributed by atoms with van der Waals surface area (Å²) in [6, 6.07) is 0. The summed E-state index contributed by atoms with van der Waals surface area (Å²) in [6.07, 6.45) is 7.08. The van der Waals surface area contributed by atoms with Gasteiger partial charge in [0.2, 0.25) is 0 Å². The van der Waals surface area contributed by atoms with Crippen molar-refractivity contribution in [2.24, 2.45) is 34.5 Å². The molecule has 4 aliphatic carbocycles. The zero-order chi connectivity index (χ0) is 23.4. The first-order valence-electron chi connectivity index (χ1n) is 12.5. The number of hydrogen-bond donors (Lipinski definition) is 3. The molecule has 7 heteroatoms. The van der Waals surface area contributed by atoms with Crippen molar-refractivity contribution < 1.29 is 24.8 Å². The summed E-state index contributed by atoms with van der Waals surface area (Å²) in [7, 11) is 0. The highest BCUT2D eigenvalue weighted by atomic mass is 32.1. The molecule has 182 valence electrons. The van der Waals surface area contributed by atoms with Crippen LogP contribution in [0, 0.1) is 34.5 Å². The van der Waals surface area contributed by atoms with Crippen LogP contribution in [0.3, 0.4) is 0 Å². The second kappa shape index (κ2) is 7.03. The average Bonchev–Trinajstić information content (AvgIpc) is 3.46. The van der Waals surface area contributed by atoms with E-state index in [1.54, 1.807) is 17.5 Å². The number of rotatable bonds is 1. The van der Waals surface area contributed by atoms with Gasteiger partial charge in [-0.1, -0.05) is 13.8 Å². The average molecular weight is 476 g/mol. The Morgan fingerprint density at radius 1 is 1.06 bits per heavy atom. The second-order valence-electron chi connectivity index (χ2n) is 12.3. The van der Waals surface area contributed by atoms with E-state index in [4.69, 9.17) is 9.47 Å². The summed E-state index contributed by atoms with van der Waals surface area (Å²) < 4.78 is 13.2. The molecule has 6 nitrogen and oxygen atoms in total. The molecule has 33 heavy (non-hydrogen) atoms. The van der Waals surface area contributed by atoms with Crippen LogP contribution in [0.5, 0.6) is 0 Å². The second-order valence-corrected chi connectivity index (χ2v) is 13.2. The van der Waals surface area contributed by atoms with Crippen molar-refractivity contribution >= 4 is 11.3 Å². The first-order valence-corrected chi connectivity index (χ1v) is 13.4. The van der Waals surface area contributed by atoms with Crippen LogP contribution in [0.1, 0.15) is 71.2 Å². The van der Waals surface area contributed by atoms with E-state index in [0.717, 1.165) is 42.5 Å². The molecule has 2 heterocycles. The van der Waals surface area contributed by atoms with E-state index in [1.807, 2.05) is 19.2 Å². The van der Waals surface area contributed by atoms with Crippen LogP contribution in [-0.4, -0.2) is 44.4 Å². The van der Waals surface area contributed by atoms with Crippen molar-refractivity contribution in [1.82, 2.24) is 4.98 Å². The summed E-state index contributed by atoms with van der Waals surface area (Å²) in [5.41, 5.74) is -0.521. The molecule has 0 spiro atoms. The third-order valence-electron chi connectivity index (χ3n) is 10.6. The lowest BCUT2D eigenvalue weighted by Gasteiger charge is -2.63. The van der Waals surface area contributed by atoms with Gasteiger partial charge in [0.05, 0.1) is 24.6 Å². The largest absolute Gasteiger partial charge is 0.516 e. The Morgan fingerprint density at radius 2 is 1.79 bits per heavy atom.